The lowest BCUT2D eigenvalue weighted by atomic mass is 9.82. The molecule has 0 unspecified atom stereocenters. The average Bonchev–Trinajstić information content (AvgIpc) is 2.18. The zero-order chi connectivity index (χ0) is 15.2. The van der Waals surface area contributed by atoms with Gasteiger partial charge in [-0.2, -0.15) is 0 Å². The molecule has 0 aliphatic carbocycles. The molecule has 108 valence electrons. The van der Waals surface area contributed by atoms with E-state index in [-0.39, 0.29) is 10.8 Å². The summed E-state index contributed by atoms with van der Waals surface area (Å²) in [6.07, 6.45) is 0. The number of hydrogen-bond donors (Lipinski definition) is 0. The van der Waals surface area contributed by atoms with Gasteiger partial charge in [0.2, 0.25) is 0 Å². The Morgan fingerprint density at radius 1 is 0.842 bits per heavy atom. The molecule has 0 heterocycles. The van der Waals surface area contributed by atoms with Crippen LogP contribution in [-0.2, 0) is 9.75 Å². The fraction of sp³-hybridized carbons (Fsp3) is 0.600. The summed E-state index contributed by atoms with van der Waals surface area (Å²) < 4.78 is -1.10. The van der Waals surface area contributed by atoms with Crippen LogP contribution in [0.3, 0.4) is 0 Å². The highest BCUT2D eigenvalue weighted by molar-refractivity contribution is 6.50. The van der Waals surface area contributed by atoms with Gasteiger partial charge in [-0.3, -0.25) is 0 Å². The average molecular weight is 342 g/mol. The van der Waals surface area contributed by atoms with Crippen LogP contribution >= 0.6 is 46.4 Å². The minimum Gasteiger partial charge on any atom is -0.0957 e. The van der Waals surface area contributed by atoms with Gasteiger partial charge < -0.3 is 0 Å². The Bertz CT molecular complexity index is 476. The van der Waals surface area contributed by atoms with E-state index < -0.39 is 4.33 Å². The van der Waals surface area contributed by atoms with Gasteiger partial charge in [0.15, 0.2) is 0 Å². The lowest BCUT2D eigenvalue weighted by molar-refractivity contribution is 0.359. The summed E-state index contributed by atoms with van der Waals surface area (Å²) >= 11 is 25.7. The van der Waals surface area contributed by atoms with Crippen molar-refractivity contribution in [3.05, 3.63) is 33.3 Å². The van der Waals surface area contributed by atoms with E-state index in [1.807, 2.05) is 32.9 Å². The second-order valence-corrected chi connectivity index (χ2v) is 9.01. The molecule has 0 fully saturated rings. The van der Waals surface area contributed by atoms with Crippen LogP contribution in [0.2, 0.25) is 10.0 Å². The molecular formula is C15H20Cl4. The van der Waals surface area contributed by atoms with Crippen molar-refractivity contribution in [3.8, 4) is 0 Å². The maximum absolute atomic E-state index is 6.56. The molecule has 0 aliphatic heterocycles. The number of benzene rings is 1. The van der Waals surface area contributed by atoms with Gasteiger partial charge in [-0.25, -0.2) is 0 Å². The van der Waals surface area contributed by atoms with Crippen molar-refractivity contribution < 1.29 is 0 Å². The molecule has 4 heteroatoms. The van der Waals surface area contributed by atoms with Crippen molar-refractivity contribution in [2.24, 2.45) is 5.41 Å². The molecular weight excluding hydrogens is 322 g/mol. The minimum absolute atomic E-state index is 0.0509. The van der Waals surface area contributed by atoms with E-state index in [0.29, 0.717) is 15.6 Å². The molecule has 19 heavy (non-hydrogen) atoms. The largest absolute Gasteiger partial charge is 0.149 e. The molecule has 0 aliphatic rings. The van der Waals surface area contributed by atoms with E-state index in [0.717, 1.165) is 5.56 Å². The number of halogens is 4. The van der Waals surface area contributed by atoms with Gasteiger partial charge in [0.1, 0.15) is 4.33 Å². The molecule has 1 aromatic rings. The second-order valence-electron chi connectivity index (χ2n) is 6.89. The van der Waals surface area contributed by atoms with Crippen molar-refractivity contribution in [1.82, 2.24) is 0 Å². The van der Waals surface area contributed by atoms with Gasteiger partial charge in [-0.05, 0) is 22.5 Å². The molecule has 0 nitrogen and oxygen atoms in total. The predicted molar refractivity (Wildman–Crippen MR) is 88.0 cm³/mol. The molecule has 0 spiro atoms. The van der Waals surface area contributed by atoms with Gasteiger partial charge in [-0.1, -0.05) is 94.0 Å². The van der Waals surface area contributed by atoms with Gasteiger partial charge in [-0.15, -0.1) is 0 Å². The summed E-state index contributed by atoms with van der Waals surface area (Å²) in [7, 11) is 0. The van der Waals surface area contributed by atoms with Gasteiger partial charge in [0.05, 0.1) is 10.0 Å². The van der Waals surface area contributed by atoms with Crippen LogP contribution in [0.15, 0.2) is 12.1 Å². The van der Waals surface area contributed by atoms with Crippen molar-refractivity contribution in [2.75, 3.05) is 0 Å². The van der Waals surface area contributed by atoms with Crippen LogP contribution in [0, 0.1) is 5.41 Å². The number of alkyl halides is 2. The first-order valence-corrected chi connectivity index (χ1v) is 7.67. The third kappa shape index (κ3) is 3.53. The van der Waals surface area contributed by atoms with Crippen LogP contribution in [0.1, 0.15) is 52.7 Å². The van der Waals surface area contributed by atoms with E-state index in [4.69, 9.17) is 46.4 Å². The van der Waals surface area contributed by atoms with E-state index >= 15 is 0 Å². The van der Waals surface area contributed by atoms with Gasteiger partial charge >= 0.3 is 0 Å². The highest BCUT2D eigenvalue weighted by Crippen LogP contribution is 2.52. The Labute approximate surface area is 136 Å². The predicted octanol–water partition coefficient (Wildman–Crippen LogP) is 6.97. The van der Waals surface area contributed by atoms with Crippen LogP contribution in [0.5, 0.6) is 0 Å². The maximum atomic E-state index is 6.56. The highest BCUT2D eigenvalue weighted by Gasteiger charge is 2.42. The molecule has 0 aromatic heterocycles. The quantitative estimate of drug-likeness (QED) is 0.484. The smallest absolute Gasteiger partial charge is 0.0957 e. The Balaban J connectivity index is 3.57. The summed E-state index contributed by atoms with van der Waals surface area (Å²) in [5.41, 5.74) is 1.32. The molecule has 0 radical (unpaired) electrons. The van der Waals surface area contributed by atoms with E-state index in [9.17, 15) is 0 Å². The monoisotopic (exact) mass is 340 g/mol. The van der Waals surface area contributed by atoms with Crippen LogP contribution in [-0.4, -0.2) is 0 Å². The molecule has 0 bridgehead atoms. The summed E-state index contributed by atoms with van der Waals surface area (Å²) in [4.78, 5) is 0. The first kappa shape index (κ1) is 17.4. The minimum atomic E-state index is -1.10. The molecule has 1 rings (SSSR count). The molecule has 0 saturated carbocycles. The Morgan fingerprint density at radius 2 is 1.32 bits per heavy atom. The van der Waals surface area contributed by atoms with E-state index in [2.05, 4.69) is 20.8 Å². The van der Waals surface area contributed by atoms with Gasteiger partial charge in [0, 0.05) is 5.56 Å². The van der Waals surface area contributed by atoms with Crippen LogP contribution < -0.4 is 0 Å². The zero-order valence-electron chi connectivity index (χ0n) is 12.2. The Kier molecular flexibility index (Phi) is 4.86. The number of rotatable bonds is 1. The molecule has 0 N–H and O–H groups in total. The zero-order valence-corrected chi connectivity index (χ0v) is 15.2. The van der Waals surface area contributed by atoms with Crippen molar-refractivity contribution in [1.29, 1.82) is 0 Å². The van der Waals surface area contributed by atoms with Gasteiger partial charge in [0.25, 0.3) is 0 Å². The summed E-state index contributed by atoms with van der Waals surface area (Å²) in [6.45, 7) is 12.2. The molecule has 0 atom stereocenters. The summed E-state index contributed by atoms with van der Waals surface area (Å²) in [6, 6.07) is 3.83. The first-order valence-electron chi connectivity index (χ1n) is 6.16. The fourth-order valence-corrected chi connectivity index (χ4v) is 2.52. The highest BCUT2D eigenvalue weighted by atomic mass is 35.5. The molecule has 0 amide bonds. The third-order valence-electron chi connectivity index (χ3n) is 3.17. The van der Waals surface area contributed by atoms with E-state index in [1.54, 1.807) is 0 Å². The van der Waals surface area contributed by atoms with Crippen molar-refractivity contribution in [3.63, 3.8) is 0 Å². The Hall–Kier alpha value is 0.380. The summed E-state index contributed by atoms with van der Waals surface area (Å²) in [5.74, 6) is 0. The van der Waals surface area contributed by atoms with Crippen LogP contribution in [0.25, 0.3) is 0 Å². The summed E-state index contributed by atoms with van der Waals surface area (Å²) in [5, 5.41) is 0.911. The molecule has 0 saturated heterocycles. The fourth-order valence-electron chi connectivity index (χ4n) is 1.65. The third-order valence-corrected chi connectivity index (χ3v) is 5.52. The van der Waals surface area contributed by atoms with Crippen LogP contribution in [0.4, 0.5) is 0 Å². The van der Waals surface area contributed by atoms with Crippen molar-refractivity contribution >= 4 is 46.4 Å². The SMILES string of the molecule is CC(C)(C)c1cc(Cl)c(Cl)c(C(Cl)(Cl)C(C)(C)C)c1. The number of hydrogen-bond acceptors (Lipinski definition) is 0. The topological polar surface area (TPSA) is 0 Å². The Morgan fingerprint density at radius 3 is 1.68 bits per heavy atom. The van der Waals surface area contributed by atoms with Crippen molar-refractivity contribution in [2.45, 2.75) is 51.3 Å². The lowest BCUT2D eigenvalue weighted by Crippen LogP contribution is -2.30. The first-order chi connectivity index (χ1) is 8.28. The normalized spacial score (nSPS) is 13.8. The second kappa shape index (κ2) is 5.30. The van der Waals surface area contributed by atoms with E-state index in [1.165, 1.54) is 0 Å². The standard InChI is InChI=1S/C15H20Cl4/c1-13(2,3)9-7-10(12(17)11(16)8-9)15(18,19)14(4,5)6/h7-8H,1-6H3. The molecule has 1 aromatic carbocycles. The maximum Gasteiger partial charge on any atom is 0.149 e. The lowest BCUT2D eigenvalue weighted by Gasteiger charge is -2.36.